The molecule has 0 aliphatic heterocycles. The first kappa shape index (κ1) is 62.8. The summed E-state index contributed by atoms with van der Waals surface area (Å²) in [4.78, 5) is 109. The van der Waals surface area contributed by atoms with Crippen molar-refractivity contribution in [1.29, 1.82) is 0 Å². The Hall–Kier alpha value is -5.23. The van der Waals surface area contributed by atoms with Gasteiger partial charge in [-0.05, 0) is 91.9 Å². The van der Waals surface area contributed by atoms with Crippen molar-refractivity contribution in [2.75, 3.05) is 0 Å². The summed E-state index contributed by atoms with van der Waals surface area (Å²) in [5.74, 6) is -8.41. The number of nitrogens with one attached hydrogen (secondary N) is 7. The average Bonchev–Trinajstić information content (AvgIpc) is 3.22. The fourth-order valence-corrected chi connectivity index (χ4v) is 7.61. The number of hydrogen-bond acceptors (Lipinski definition) is 9. The van der Waals surface area contributed by atoms with E-state index in [1.54, 1.807) is 33.0 Å². The zero-order chi connectivity index (χ0) is 53.6. The maximum Gasteiger partial charge on any atom is 0.471 e. The van der Waals surface area contributed by atoms with E-state index >= 15 is 0 Å². The summed E-state index contributed by atoms with van der Waals surface area (Å²) in [6.07, 6.45) is -4.51. The number of carbonyl (C=O) groups is 8. The maximum atomic E-state index is 14.2. The molecule has 0 fully saturated rings. The van der Waals surface area contributed by atoms with Crippen LogP contribution in [0.5, 0.6) is 0 Å². The molecule has 398 valence electrons. The van der Waals surface area contributed by atoms with Gasteiger partial charge in [0.2, 0.25) is 35.4 Å². The molecule has 0 unspecified atom stereocenters. The number of rotatable bonds is 30. The van der Waals surface area contributed by atoms with E-state index in [2.05, 4.69) is 31.9 Å². The third kappa shape index (κ3) is 25.1. The van der Waals surface area contributed by atoms with Crippen molar-refractivity contribution in [1.82, 2.24) is 37.2 Å². The summed E-state index contributed by atoms with van der Waals surface area (Å²) in [5, 5.41) is 18.1. The first-order valence-corrected chi connectivity index (χ1v) is 24.8. The Morgan fingerprint density at radius 1 is 0.386 bits per heavy atom. The molecule has 19 heteroatoms. The van der Waals surface area contributed by atoms with E-state index in [0.717, 1.165) is 5.56 Å². The fraction of sp³-hybridized carbons (Fsp3) is 0.725. The zero-order valence-electron chi connectivity index (χ0n) is 43.9. The molecule has 7 amide bonds. The molecule has 0 spiro atoms. The van der Waals surface area contributed by atoms with Gasteiger partial charge in [-0.15, -0.1) is 0 Å². The summed E-state index contributed by atoms with van der Waals surface area (Å²) in [5.41, 5.74) is 0.776. The van der Waals surface area contributed by atoms with E-state index in [1.807, 2.05) is 99.6 Å². The Labute approximate surface area is 414 Å². The van der Waals surface area contributed by atoms with Crippen LogP contribution in [0.25, 0.3) is 0 Å². The normalized spacial score (nSPS) is 14.9. The van der Waals surface area contributed by atoms with Crippen LogP contribution < -0.4 is 37.2 Å². The Bertz CT molecular complexity index is 1840. The first-order valence-electron chi connectivity index (χ1n) is 24.8. The van der Waals surface area contributed by atoms with Gasteiger partial charge in [0.05, 0.1) is 0 Å². The van der Waals surface area contributed by atoms with Gasteiger partial charge >= 0.3 is 18.1 Å². The zero-order valence-corrected chi connectivity index (χ0v) is 43.9. The van der Waals surface area contributed by atoms with Crippen LogP contribution in [0.3, 0.4) is 0 Å². The van der Waals surface area contributed by atoms with Gasteiger partial charge in [0.1, 0.15) is 48.9 Å². The van der Waals surface area contributed by atoms with E-state index in [1.165, 1.54) is 0 Å². The second-order valence-corrected chi connectivity index (χ2v) is 21.4. The molecule has 0 aliphatic rings. The van der Waals surface area contributed by atoms with E-state index in [4.69, 9.17) is 4.74 Å². The highest BCUT2D eigenvalue weighted by atomic mass is 19.4. The van der Waals surface area contributed by atoms with Crippen molar-refractivity contribution >= 4 is 47.3 Å². The second-order valence-electron chi connectivity index (χ2n) is 21.4. The second kappa shape index (κ2) is 30.5. The van der Waals surface area contributed by atoms with Crippen LogP contribution in [0, 0.1) is 41.4 Å². The smallest absolute Gasteiger partial charge is 0.459 e. The molecule has 0 saturated heterocycles. The predicted octanol–water partition coefficient (Wildman–Crippen LogP) is 6.01. The highest BCUT2D eigenvalue weighted by molar-refractivity contribution is 5.97. The van der Waals surface area contributed by atoms with Crippen LogP contribution in [-0.4, -0.2) is 95.8 Å². The standard InChI is InChI=1S/C51H84F3N7O9/c1-28(2)20-36(55-44(63)37(21-29(3)4)57-46(65)39(23-31(7)8)59-48(67)41(25-33(11)12)61-50(69)51(52,53)54)43(62)56-38(22-30(5)6)45(64)58-40(24-32(9)10)47(66)60-42(26-34(13)14)49(68)70-27-35-18-16-15-17-19-35/h15-19,28-34,36-42H,20-27H2,1-14H3,(H,55,63)(H,56,62)(H,57,65)(H,58,64)(H,59,67)(H,60,66)(H,61,69)/t36-,37-,38-,39-,40-,41-,42-/m0/s1. The quantitative estimate of drug-likeness (QED) is 0.0447. The molecule has 0 radical (unpaired) electrons. The van der Waals surface area contributed by atoms with E-state index in [9.17, 15) is 51.5 Å². The molecule has 7 atom stereocenters. The Morgan fingerprint density at radius 2 is 0.614 bits per heavy atom. The number of hydrogen-bond donors (Lipinski definition) is 7. The van der Waals surface area contributed by atoms with Crippen molar-refractivity contribution < 1.29 is 56.3 Å². The van der Waals surface area contributed by atoms with Crippen LogP contribution in [0.1, 0.15) is 147 Å². The van der Waals surface area contributed by atoms with Crippen LogP contribution in [0.2, 0.25) is 0 Å². The number of esters is 1. The highest BCUT2D eigenvalue weighted by Gasteiger charge is 2.42. The van der Waals surface area contributed by atoms with Crippen molar-refractivity contribution in [2.24, 2.45) is 41.4 Å². The van der Waals surface area contributed by atoms with Crippen molar-refractivity contribution in [3.8, 4) is 0 Å². The average molecular weight is 996 g/mol. The highest BCUT2D eigenvalue weighted by Crippen LogP contribution is 2.18. The molecule has 16 nitrogen and oxygen atoms in total. The third-order valence-corrected chi connectivity index (χ3v) is 10.8. The topological polar surface area (TPSA) is 230 Å². The van der Waals surface area contributed by atoms with Gasteiger partial charge < -0.3 is 42.0 Å². The van der Waals surface area contributed by atoms with Gasteiger partial charge in [-0.3, -0.25) is 33.6 Å². The first-order chi connectivity index (χ1) is 32.4. The molecule has 1 rings (SSSR count). The van der Waals surface area contributed by atoms with Crippen molar-refractivity contribution in [3.05, 3.63) is 35.9 Å². The lowest BCUT2D eigenvalue weighted by Gasteiger charge is -2.30. The Balaban J connectivity index is 3.41. The molecule has 0 heterocycles. The molecular weight excluding hydrogens is 912 g/mol. The molecule has 0 aromatic heterocycles. The van der Waals surface area contributed by atoms with E-state index < -0.39 is 95.8 Å². The lowest BCUT2D eigenvalue weighted by Crippen LogP contribution is -2.60. The molecule has 0 saturated carbocycles. The van der Waals surface area contributed by atoms with E-state index in [-0.39, 0.29) is 93.0 Å². The van der Waals surface area contributed by atoms with Crippen molar-refractivity contribution in [3.63, 3.8) is 0 Å². The summed E-state index contributed by atoms with van der Waals surface area (Å²) in [6, 6.07) is 0.510. The van der Waals surface area contributed by atoms with Gasteiger partial charge in [-0.2, -0.15) is 13.2 Å². The number of carbonyl (C=O) groups excluding carboxylic acids is 8. The summed E-state index contributed by atoms with van der Waals surface area (Å²) in [7, 11) is 0. The lowest BCUT2D eigenvalue weighted by molar-refractivity contribution is -0.174. The number of ether oxygens (including phenoxy) is 1. The Morgan fingerprint density at radius 3 is 0.857 bits per heavy atom. The van der Waals surface area contributed by atoms with Gasteiger partial charge in [-0.1, -0.05) is 127 Å². The van der Waals surface area contributed by atoms with Gasteiger partial charge in [0.25, 0.3) is 0 Å². The minimum Gasteiger partial charge on any atom is -0.459 e. The fourth-order valence-electron chi connectivity index (χ4n) is 7.61. The molecule has 7 N–H and O–H groups in total. The summed E-state index contributed by atoms with van der Waals surface area (Å²) in [6.45, 7) is 25.4. The minimum absolute atomic E-state index is 0.00512. The number of halogens is 3. The van der Waals surface area contributed by atoms with Crippen LogP contribution in [0.15, 0.2) is 30.3 Å². The van der Waals surface area contributed by atoms with Crippen LogP contribution in [-0.2, 0) is 49.7 Å². The van der Waals surface area contributed by atoms with E-state index in [0.29, 0.717) is 0 Å². The van der Waals surface area contributed by atoms with Gasteiger partial charge in [-0.25, -0.2) is 4.79 Å². The SMILES string of the molecule is CC(C)C[C@H](NC(=O)[C@H](CC(C)C)NC(=O)[C@H](CC(C)C)NC(=O)[C@H](CC(C)C)NC(=O)C(F)(F)F)C(=O)N[C@@H](CC(C)C)C(=O)N[C@@H](CC(C)C)C(=O)N[C@@H](CC(C)C)C(=O)OCc1ccccc1. The molecule has 1 aromatic rings. The molecular formula is C51H84F3N7O9. The predicted molar refractivity (Wildman–Crippen MR) is 262 cm³/mol. The maximum absolute atomic E-state index is 14.2. The molecule has 0 bridgehead atoms. The lowest BCUT2D eigenvalue weighted by atomic mass is 9.97. The monoisotopic (exact) mass is 996 g/mol. The van der Waals surface area contributed by atoms with Crippen LogP contribution >= 0.6 is 0 Å². The molecule has 0 aliphatic carbocycles. The molecule has 1 aromatic carbocycles. The largest absolute Gasteiger partial charge is 0.471 e. The number of amides is 7. The minimum atomic E-state index is -5.25. The number of alkyl halides is 3. The van der Waals surface area contributed by atoms with Crippen molar-refractivity contribution in [2.45, 2.75) is 197 Å². The van der Waals surface area contributed by atoms with Crippen LogP contribution in [0.4, 0.5) is 13.2 Å². The van der Waals surface area contributed by atoms with Gasteiger partial charge in [0.15, 0.2) is 0 Å². The van der Waals surface area contributed by atoms with Gasteiger partial charge in [0, 0.05) is 0 Å². The Kier molecular flexibility index (Phi) is 27.4. The summed E-state index contributed by atoms with van der Waals surface area (Å²) >= 11 is 0. The third-order valence-electron chi connectivity index (χ3n) is 10.8. The summed E-state index contributed by atoms with van der Waals surface area (Å²) < 4.78 is 45.1. The number of benzene rings is 1. The molecule has 70 heavy (non-hydrogen) atoms.